The normalized spacial score (nSPS) is 15.9. The summed E-state index contributed by atoms with van der Waals surface area (Å²) in [5, 5.41) is 0. The number of aromatic amines is 1. The third-order valence-electron chi connectivity index (χ3n) is 3.75. The maximum atomic E-state index is 11.9. The molecule has 0 amide bonds. The number of fused-ring (bicyclic) bond motifs is 1. The first-order valence-electron chi connectivity index (χ1n) is 7.62. The number of H-pyrrole nitrogens is 1. The highest BCUT2D eigenvalue weighted by Crippen LogP contribution is 2.33. The number of imidazole rings is 1. The molecule has 13 heteroatoms. The van der Waals surface area contributed by atoms with Gasteiger partial charge in [0.15, 0.2) is 17.4 Å². The highest BCUT2D eigenvalue weighted by molar-refractivity contribution is 7.51. The van der Waals surface area contributed by atoms with Gasteiger partial charge in [-0.15, -0.1) is 0 Å². The number of nitrogen functional groups attached to an aromatic ring is 1. The van der Waals surface area contributed by atoms with Crippen molar-refractivity contribution >= 4 is 24.7 Å². The van der Waals surface area contributed by atoms with Crippen molar-refractivity contribution in [3.63, 3.8) is 0 Å². The van der Waals surface area contributed by atoms with Crippen molar-refractivity contribution in [2.45, 2.75) is 25.4 Å². The molecule has 146 valence electrons. The van der Waals surface area contributed by atoms with Gasteiger partial charge in [-0.25, -0.2) is 4.98 Å². The van der Waals surface area contributed by atoms with Crippen LogP contribution >= 0.6 is 7.60 Å². The fourth-order valence-electron chi connectivity index (χ4n) is 2.53. The van der Waals surface area contributed by atoms with Crippen molar-refractivity contribution in [1.29, 1.82) is 0 Å². The van der Waals surface area contributed by atoms with E-state index in [4.69, 9.17) is 29.7 Å². The zero-order valence-corrected chi connectivity index (χ0v) is 15.4. The largest absolute Gasteiger partial charge is 0.375 e. The van der Waals surface area contributed by atoms with E-state index >= 15 is 0 Å². The number of methoxy groups -OCH3 is 2. The van der Waals surface area contributed by atoms with Crippen LogP contribution in [0.25, 0.3) is 11.2 Å². The van der Waals surface area contributed by atoms with Gasteiger partial charge in [0.1, 0.15) is 6.10 Å². The molecule has 12 nitrogen and oxygen atoms in total. The second-order valence-corrected chi connectivity index (χ2v) is 7.34. The van der Waals surface area contributed by atoms with E-state index in [0.717, 1.165) is 0 Å². The zero-order chi connectivity index (χ0) is 19.5. The zero-order valence-electron chi connectivity index (χ0n) is 14.5. The van der Waals surface area contributed by atoms with Gasteiger partial charge in [0.2, 0.25) is 5.95 Å². The molecule has 2 aromatic rings. The third kappa shape index (κ3) is 4.67. The molecule has 2 aromatic heterocycles. The Morgan fingerprint density at radius 3 is 2.65 bits per heavy atom. The molecule has 0 unspecified atom stereocenters. The molecule has 2 heterocycles. The molecule has 0 saturated heterocycles. The van der Waals surface area contributed by atoms with Crippen LogP contribution in [-0.4, -0.2) is 68.5 Å². The number of nitrogens with one attached hydrogen (secondary N) is 1. The monoisotopic (exact) mass is 391 g/mol. The van der Waals surface area contributed by atoms with Gasteiger partial charge in [0, 0.05) is 14.2 Å². The first kappa shape index (κ1) is 20.5. The molecule has 0 radical (unpaired) electrons. The predicted molar refractivity (Wildman–Crippen MR) is 91.7 cm³/mol. The maximum absolute atomic E-state index is 11.9. The van der Waals surface area contributed by atoms with E-state index in [9.17, 15) is 9.36 Å². The summed E-state index contributed by atoms with van der Waals surface area (Å²) in [6.07, 6.45) is -1.09. The summed E-state index contributed by atoms with van der Waals surface area (Å²) in [6, 6.07) is 0. The Bertz CT molecular complexity index is 847. The van der Waals surface area contributed by atoms with E-state index in [1.165, 1.54) is 25.1 Å². The minimum Gasteiger partial charge on any atom is -0.375 e. The van der Waals surface area contributed by atoms with E-state index in [0.29, 0.717) is 0 Å². The molecule has 0 aliphatic carbocycles. The van der Waals surface area contributed by atoms with Gasteiger partial charge >= 0.3 is 7.60 Å². The van der Waals surface area contributed by atoms with Gasteiger partial charge in [-0.2, -0.15) is 4.98 Å². The lowest BCUT2D eigenvalue weighted by atomic mass is 10.2. The Kier molecular flexibility index (Phi) is 6.50. The molecule has 0 bridgehead atoms. The van der Waals surface area contributed by atoms with Crippen LogP contribution in [-0.2, 0) is 18.8 Å². The highest BCUT2D eigenvalue weighted by atomic mass is 31.2. The van der Waals surface area contributed by atoms with Crippen molar-refractivity contribution < 1.29 is 28.6 Å². The average molecular weight is 391 g/mol. The van der Waals surface area contributed by atoms with Crippen molar-refractivity contribution in [3.8, 4) is 0 Å². The summed E-state index contributed by atoms with van der Waals surface area (Å²) in [5.74, 6) is -0.0704. The molecule has 0 aliphatic rings. The van der Waals surface area contributed by atoms with Crippen molar-refractivity contribution in [1.82, 2.24) is 19.5 Å². The molecule has 0 aromatic carbocycles. The topological polar surface area (TPSA) is 175 Å². The molecule has 0 aliphatic heterocycles. The van der Waals surface area contributed by atoms with E-state index < -0.39 is 37.8 Å². The summed E-state index contributed by atoms with van der Waals surface area (Å²) >= 11 is 0. The number of rotatable bonds is 9. The summed E-state index contributed by atoms with van der Waals surface area (Å²) in [4.78, 5) is 40.2. The first-order valence-corrected chi connectivity index (χ1v) is 9.41. The van der Waals surface area contributed by atoms with Crippen LogP contribution in [0.15, 0.2) is 11.1 Å². The van der Waals surface area contributed by atoms with Crippen LogP contribution in [0.5, 0.6) is 0 Å². The van der Waals surface area contributed by atoms with Crippen LogP contribution in [0, 0.1) is 0 Å². The highest BCUT2D eigenvalue weighted by Gasteiger charge is 2.31. The second-order valence-electron chi connectivity index (χ2n) is 5.57. The second kappa shape index (κ2) is 8.25. The van der Waals surface area contributed by atoms with E-state index in [-0.39, 0.29) is 23.7 Å². The SMILES string of the molecule is CO[C@H]([C@@H](C)OCCP(=O)(O)O)[C@H](OC)n1cnc2c(=O)[nH]c(N)nc21. The lowest BCUT2D eigenvalue weighted by Crippen LogP contribution is -2.38. The Morgan fingerprint density at radius 2 is 2.08 bits per heavy atom. The molecular weight excluding hydrogens is 369 g/mol. The van der Waals surface area contributed by atoms with E-state index in [2.05, 4.69) is 15.0 Å². The summed E-state index contributed by atoms with van der Waals surface area (Å²) in [5.41, 5.74) is 5.41. The van der Waals surface area contributed by atoms with Crippen LogP contribution in [0.1, 0.15) is 13.2 Å². The van der Waals surface area contributed by atoms with Crippen LogP contribution in [0.2, 0.25) is 0 Å². The number of hydrogen-bond donors (Lipinski definition) is 4. The van der Waals surface area contributed by atoms with Gasteiger partial charge in [-0.05, 0) is 6.92 Å². The molecular formula is C13H22N5O7P. The van der Waals surface area contributed by atoms with Gasteiger partial charge in [-0.3, -0.25) is 18.9 Å². The standard InChI is InChI=1S/C13H22N5O7P/c1-7(25-4-5-26(20,21)22)9(23-2)12(24-3)18-6-15-8-10(18)16-13(14)17-11(8)19/h6-7,9,12H,4-5H2,1-3H3,(H2,20,21,22)(H3,14,16,17,19)/t7-,9-,12+/m1/s1. The van der Waals surface area contributed by atoms with E-state index in [1.807, 2.05) is 0 Å². The van der Waals surface area contributed by atoms with Crippen molar-refractivity contribution in [2.75, 3.05) is 32.7 Å². The lowest BCUT2D eigenvalue weighted by Gasteiger charge is -2.30. The molecule has 2 rings (SSSR count). The number of ether oxygens (including phenoxy) is 3. The summed E-state index contributed by atoms with van der Waals surface area (Å²) in [6.45, 7) is 1.52. The maximum Gasteiger partial charge on any atom is 0.327 e. The number of hydrogen-bond acceptors (Lipinski definition) is 8. The van der Waals surface area contributed by atoms with Crippen LogP contribution in [0.4, 0.5) is 5.95 Å². The number of nitrogens with two attached hydrogens (primary N) is 1. The summed E-state index contributed by atoms with van der Waals surface area (Å²) in [7, 11) is -1.29. The van der Waals surface area contributed by atoms with Crippen LogP contribution in [0.3, 0.4) is 0 Å². The molecule has 0 spiro atoms. The van der Waals surface area contributed by atoms with Gasteiger partial charge in [0.05, 0.1) is 25.2 Å². The minimum absolute atomic E-state index is 0.0704. The van der Waals surface area contributed by atoms with Crippen LogP contribution < -0.4 is 11.3 Å². The van der Waals surface area contributed by atoms with Crippen molar-refractivity contribution in [3.05, 3.63) is 16.7 Å². The number of anilines is 1. The third-order valence-corrected chi connectivity index (χ3v) is 4.51. The Morgan fingerprint density at radius 1 is 1.38 bits per heavy atom. The molecule has 5 N–H and O–H groups in total. The number of aromatic nitrogens is 4. The fourth-order valence-corrected chi connectivity index (χ4v) is 2.87. The van der Waals surface area contributed by atoms with Crippen molar-refractivity contribution in [2.24, 2.45) is 0 Å². The first-order chi connectivity index (χ1) is 12.2. The smallest absolute Gasteiger partial charge is 0.327 e. The predicted octanol–water partition coefficient (Wildman–Crippen LogP) is -0.555. The van der Waals surface area contributed by atoms with Gasteiger partial charge < -0.3 is 29.7 Å². The van der Waals surface area contributed by atoms with Gasteiger partial charge in [-0.1, -0.05) is 0 Å². The van der Waals surface area contributed by atoms with Gasteiger partial charge in [0.25, 0.3) is 5.56 Å². The molecule has 3 atom stereocenters. The molecule has 0 fully saturated rings. The Balaban J connectivity index is 2.27. The lowest BCUT2D eigenvalue weighted by molar-refractivity contribution is -0.135. The Hall–Kier alpha value is -1.82. The quantitative estimate of drug-likeness (QED) is 0.406. The average Bonchev–Trinajstić information content (AvgIpc) is 2.94. The number of nitrogens with zero attached hydrogens (tertiary/aromatic N) is 3. The molecule has 0 saturated carbocycles. The minimum atomic E-state index is -4.16. The fraction of sp³-hybridized carbons (Fsp3) is 0.615. The molecule has 26 heavy (non-hydrogen) atoms. The summed E-state index contributed by atoms with van der Waals surface area (Å²) < 4.78 is 28.8. The van der Waals surface area contributed by atoms with E-state index in [1.54, 1.807) is 6.92 Å². The Labute approximate surface area is 148 Å².